The normalized spacial score (nSPS) is 24.5. The summed E-state index contributed by atoms with van der Waals surface area (Å²) >= 11 is 0. The summed E-state index contributed by atoms with van der Waals surface area (Å²) in [6.07, 6.45) is 13.6. The molecule has 2 bridgehead atoms. The van der Waals surface area contributed by atoms with Crippen molar-refractivity contribution in [2.75, 3.05) is 31.5 Å². The van der Waals surface area contributed by atoms with E-state index in [4.69, 9.17) is 10.2 Å². The highest BCUT2D eigenvalue weighted by Gasteiger charge is 2.44. The van der Waals surface area contributed by atoms with Gasteiger partial charge in [0, 0.05) is 37.3 Å². The molecule has 2 unspecified atom stereocenters. The van der Waals surface area contributed by atoms with Crippen LogP contribution >= 0.6 is 0 Å². The van der Waals surface area contributed by atoms with Gasteiger partial charge < -0.3 is 20.1 Å². The number of benzene rings is 1. The Labute approximate surface area is 229 Å². The van der Waals surface area contributed by atoms with E-state index >= 15 is 0 Å². The van der Waals surface area contributed by atoms with E-state index in [1.165, 1.54) is 62.7 Å². The maximum Gasteiger partial charge on any atom is 0.317 e. The van der Waals surface area contributed by atoms with Crippen molar-refractivity contribution < 1.29 is 19.8 Å². The standard InChI is InChI=1S/C29H41N5O5/c35-26(36)18-32(19-27(37)38)15-14-30-28-29(39)34(25-11-7-6-10-24(25)31-28)23-16-21-12-13-22(17-23)33(21)20-8-4-2-1-3-5-9-20/h6-7,10-11,20-23H,1-5,8-9,12-19H2,(H,30,31)(H,35,36)(H,37,38)/t21-,22?,23?/m0/s1. The highest BCUT2D eigenvalue weighted by atomic mass is 16.4. The molecule has 39 heavy (non-hydrogen) atoms. The largest absolute Gasteiger partial charge is 0.480 e. The molecular weight excluding hydrogens is 498 g/mol. The number of piperidine rings is 1. The van der Waals surface area contributed by atoms with Gasteiger partial charge in [-0.3, -0.25) is 24.2 Å². The van der Waals surface area contributed by atoms with Gasteiger partial charge in [0.05, 0.1) is 24.1 Å². The van der Waals surface area contributed by atoms with Crippen molar-refractivity contribution in [2.45, 2.75) is 94.8 Å². The van der Waals surface area contributed by atoms with Gasteiger partial charge >= 0.3 is 11.9 Å². The van der Waals surface area contributed by atoms with Gasteiger partial charge in [-0.05, 0) is 50.7 Å². The molecule has 10 heteroatoms. The van der Waals surface area contributed by atoms with Crippen molar-refractivity contribution in [3.8, 4) is 0 Å². The van der Waals surface area contributed by atoms with Crippen LogP contribution in [0.2, 0.25) is 0 Å². The lowest BCUT2D eigenvalue weighted by Gasteiger charge is -2.45. The Bertz CT molecular complexity index is 1190. The molecule has 1 aromatic heterocycles. The maximum absolute atomic E-state index is 13.8. The second-order valence-electron chi connectivity index (χ2n) is 11.5. The summed E-state index contributed by atoms with van der Waals surface area (Å²) in [5.74, 6) is -1.96. The van der Waals surface area contributed by atoms with Crippen molar-refractivity contribution >= 4 is 28.8 Å². The highest BCUT2D eigenvalue weighted by molar-refractivity contribution is 5.76. The molecule has 3 N–H and O–H groups in total. The molecule has 2 aliphatic heterocycles. The summed E-state index contributed by atoms with van der Waals surface area (Å²) in [6.45, 7) is -0.388. The van der Waals surface area contributed by atoms with Crippen molar-refractivity contribution in [3.05, 3.63) is 34.6 Å². The second kappa shape index (κ2) is 12.5. The molecule has 0 amide bonds. The Balaban J connectivity index is 1.35. The molecule has 3 heterocycles. The molecular formula is C29H41N5O5. The molecule has 5 rings (SSSR count). The minimum absolute atomic E-state index is 0.101. The van der Waals surface area contributed by atoms with E-state index in [9.17, 15) is 14.4 Å². The zero-order valence-corrected chi connectivity index (χ0v) is 22.6. The zero-order chi connectivity index (χ0) is 27.4. The lowest BCUT2D eigenvalue weighted by molar-refractivity contribution is -0.141. The van der Waals surface area contributed by atoms with Gasteiger partial charge in [-0.25, -0.2) is 4.98 Å². The molecule has 3 fully saturated rings. The molecule has 1 saturated carbocycles. The first-order valence-corrected chi connectivity index (χ1v) is 14.6. The molecule has 10 nitrogen and oxygen atoms in total. The van der Waals surface area contributed by atoms with Gasteiger partial charge in [0.15, 0.2) is 5.82 Å². The smallest absolute Gasteiger partial charge is 0.317 e. The zero-order valence-electron chi connectivity index (χ0n) is 22.6. The number of carboxylic acids is 2. The monoisotopic (exact) mass is 539 g/mol. The van der Waals surface area contributed by atoms with Crippen LogP contribution in [0.25, 0.3) is 11.0 Å². The summed E-state index contributed by atoms with van der Waals surface area (Å²) < 4.78 is 1.94. The van der Waals surface area contributed by atoms with Crippen LogP contribution in [0.4, 0.5) is 5.82 Å². The SMILES string of the molecule is O=C(O)CN(CCNc1nc2ccccc2n(C2CC3CC[C@@H](C2)N3C2CCCCCCC2)c1=O)CC(=O)O. The first kappa shape index (κ1) is 27.6. The third kappa shape index (κ3) is 6.44. The first-order valence-electron chi connectivity index (χ1n) is 14.6. The fourth-order valence-electron chi connectivity index (χ4n) is 7.29. The lowest BCUT2D eigenvalue weighted by Crippen LogP contribution is -2.50. The number of nitrogens with one attached hydrogen (secondary N) is 1. The summed E-state index contributed by atoms with van der Waals surface area (Å²) in [5.41, 5.74) is 1.41. The molecule has 1 aliphatic carbocycles. The van der Waals surface area contributed by atoms with Gasteiger partial charge in [-0.1, -0.05) is 44.2 Å². The Hall–Kier alpha value is -2.98. The van der Waals surface area contributed by atoms with E-state index in [2.05, 4.69) is 15.2 Å². The van der Waals surface area contributed by atoms with E-state index in [-0.39, 0.29) is 43.6 Å². The topological polar surface area (TPSA) is 128 Å². The lowest BCUT2D eigenvalue weighted by atomic mass is 9.89. The number of aromatic nitrogens is 2. The fraction of sp³-hybridized carbons (Fsp3) is 0.655. The third-order valence-electron chi connectivity index (χ3n) is 8.86. The molecule has 3 atom stereocenters. The number of hydrogen-bond donors (Lipinski definition) is 3. The summed E-state index contributed by atoms with van der Waals surface area (Å²) in [6, 6.07) is 9.53. The van der Waals surface area contributed by atoms with Gasteiger partial charge in [-0.2, -0.15) is 0 Å². The molecule has 0 spiro atoms. The average Bonchev–Trinajstić information content (AvgIpc) is 3.12. The molecule has 0 radical (unpaired) electrons. The molecule has 2 aromatic rings. The highest BCUT2D eigenvalue weighted by Crippen LogP contribution is 2.44. The molecule has 3 aliphatic rings. The Kier molecular flexibility index (Phi) is 8.82. The average molecular weight is 540 g/mol. The predicted octanol–water partition coefficient (Wildman–Crippen LogP) is 3.56. The van der Waals surface area contributed by atoms with Gasteiger partial charge in [0.1, 0.15) is 0 Å². The molecule has 1 aromatic carbocycles. The maximum atomic E-state index is 13.8. The van der Waals surface area contributed by atoms with Crippen LogP contribution in [0.1, 0.15) is 76.7 Å². The van der Waals surface area contributed by atoms with Crippen LogP contribution < -0.4 is 10.9 Å². The van der Waals surface area contributed by atoms with Crippen LogP contribution in [0.5, 0.6) is 0 Å². The Morgan fingerprint density at radius 3 is 2.13 bits per heavy atom. The second-order valence-corrected chi connectivity index (χ2v) is 11.5. The predicted molar refractivity (Wildman–Crippen MR) is 149 cm³/mol. The van der Waals surface area contributed by atoms with E-state index in [1.54, 1.807) is 0 Å². The van der Waals surface area contributed by atoms with Crippen LogP contribution in [0, 0.1) is 0 Å². The number of aliphatic carboxylic acids is 2. The fourth-order valence-corrected chi connectivity index (χ4v) is 7.29. The van der Waals surface area contributed by atoms with Crippen LogP contribution in [0.3, 0.4) is 0 Å². The van der Waals surface area contributed by atoms with E-state index in [0.717, 1.165) is 23.9 Å². The summed E-state index contributed by atoms with van der Waals surface area (Å²) in [4.78, 5) is 44.9. The van der Waals surface area contributed by atoms with Gasteiger partial charge in [0.2, 0.25) is 0 Å². The van der Waals surface area contributed by atoms with Crippen molar-refractivity contribution in [2.24, 2.45) is 0 Å². The minimum Gasteiger partial charge on any atom is -0.480 e. The molecule has 2 saturated heterocycles. The minimum atomic E-state index is -1.09. The first-order chi connectivity index (χ1) is 18.9. The van der Waals surface area contributed by atoms with Gasteiger partial charge in [0.25, 0.3) is 5.56 Å². The van der Waals surface area contributed by atoms with Crippen molar-refractivity contribution in [1.29, 1.82) is 0 Å². The number of para-hydroxylation sites is 2. The van der Waals surface area contributed by atoms with E-state index in [1.807, 2.05) is 28.8 Å². The number of rotatable bonds is 10. The van der Waals surface area contributed by atoms with E-state index < -0.39 is 11.9 Å². The summed E-state index contributed by atoms with van der Waals surface area (Å²) in [7, 11) is 0. The van der Waals surface area contributed by atoms with Crippen molar-refractivity contribution in [3.63, 3.8) is 0 Å². The Morgan fingerprint density at radius 1 is 0.872 bits per heavy atom. The number of carbonyl (C=O) groups is 2. The number of nitrogens with zero attached hydrogens (tertiary/aromatic N) is 4. The van der Waals surface area contributed by atoms with E-state index in [0.29, 0.717) is 18.1 Å². The van der Waals surface area contributed by atoms with Crippen LogP contribution in [-0.2, 0) is 9.59 Å². The van der Waals surface area contributed by atoms with Crippen LogP contribution in [0.15, 0.2) is 29.1 Å². The number of anilines is 1. The van der Waals surface area contributed by atoms with Crippen molar-refractivity contribution in [1.82, 2.24) is 19.4 Å². The number of hydrogen-bond acceptors (Lipinski definition) is 7. The molecule has 212 valence electrons. The quantitative estimate of drug-likeness (QED) is 0.415. The van der Waals surface area contributed by atoms with Gasteiger partial charge in [-0.15, -0.1) is 0 Å². The summed E-state index contributed by atoms with van der Waals surface area (Å²) in [5, 5.41) is 21.3. The third-order valence-corrected chi connectivity index (χ3v) is 8.86. The van der Waals surface area contributed by atoms with Crippen LogP contribution in [-0.4, -0.2) is 85.8 Å². The number of carboxylic acid groups (broad SMARTS) is 2. The number of fused-ring (bicyclic) bond motifs is 3. The Morgan fingerprint density at radius 2 is 1.49 bits per heavy atom.